The van der Waals surface area contributed by atoms with Crippen LogP contribution in [0, 0.1) is 6.92 Å². The number of thiazole rings is 1. The summed E-state index contributed by atoms with van der Waals surface area (Å²) >= 11 is 1.28. The van der Waals surface area contributed by atoms with Gasteiger partial charge in [-0.25, -0.2) is 4.98 Å². The summed E-state index contributed by atoms with van der Waals surface area (Å²) in [6, 6.07) is 0. The van der Waals surface area contributed by atoms with Gasteiger partial charge in [0.15, 0.2) is 0 Å². The summed E-state index contributed by atoms with van der Waals surface area (Å²) < 4.78 is 4.54. The number of esters is 1. The minimum atomic E-state index is -0.419. The first kappa shape index (κ1) is 12.6. The number of hydrogen-bond acceptors (Lipinski definition) is 5. The molecule has 1 rings (SSSR count). The molecule has 0 aliphatic rings. The fraction of sp³-hybridized carbons (Fsp3) is 0.500. The first-order valence-electron chi connectivity index (χ1n) is 4.86. The predicted octanol–water partition coefficient (Wildman–Crippen LogP) is 1.09. The molecular weight excluding hydrogens is 228 g/mol. The van der Waals surface area contributed by atoms with Crippen molar-refractivity contribution < 1.29 is 14.3 Å². The molecule has 0 aliphatic heterocycles. The van der Waals surface area contributed by atoms with Crippen molar-refractivity contribution in [3.05, 3.63) is 16.1 Å². The standard InChI is InChI=1S/C10H14N2O3S/c1-4-12(5-8(13)15-3)10(14)9-7(2)11-6-16-9/h6H,4-5H2,1-3H3. The maximum Gasteiger partial charge on any atom is 0.325 e. The van der Waals surface area contributed by atoms with Gasteiger partial charge in [0.2, 0.25) is 0 Å². The topological polar surface area (TPSA) is 59.5 Å². The van der Waals surface area contributed by atoms with Gasteiger partial charge in [-0.2, -0.15) is 0 Å². The van der Waals surface area contributed by atoms with Crippen molar-refractivity contribution in [1.29, 1.82) is 0 Å². The van der Waals surface area contributed by atoms with E-state index in [-0.39, 0.29) is 12.5 Å². The number of carbonyl (C=O) groups is 2. The van der Waals surface area contributed by atoms with E-state index in [0.29, 0.717) is 17.1 Å². The van der Waals surface area contributed by atoms with Crippen LogP contribution in [-0.4, -0.2) is 42.0 Å². The van der Waals surface area contributed by atoms with Gasteiger partial charge >= 0.3 is 5.97 Å². The number of carbonyl (C=O) groups excluding carboxylic acids is 2. The molecule has 1 heterocycles. The minimum absolute atomic E-state index is 0.0246. The molecule has 0 aliphatic carbocycles. The van der Waals surface area contributed by atoms with Crippen molar-refractivity contribution in [3.63, 3.8) is 0 Å². The SMILES string of the molecule is CCN(CC(=O)OC)C(=O)c1scnc1C. The smallest absolute Gasteiger partial charge is 0.325 e. The monoisotopic (exact) mass is 242 g/mol. The molecule has 0 atom stereocenters. The summed E-state index contributed by atoms with van der Waals surface area (Å²) in [4.78, 5) is 29.1. The van der Waals surface area contributed by atoms with E-state index in [9.17, 15) is 9.59 Å². The van der Waals surface area contributed by atoms with Crippen molar-refractivity contribution in [2.75, 3.05) is 20.2 Å². The quantitative estimate of drug-likeness (QED) is 0.741. The third-order valence-corrected chi connectivity index (χ3v) is 3.07. The van der Waals surface area contributed by atoms with Crippen LogP contribution in [0.3, 0.4) is 0 Å². The Bertz CT molecular complexity index is 389. The summed E-state index contributed by atoms with van der Waals surface area (Å²) in [6.45, 7) is 4.03. The molecule has 6 heteroatoms. The highest BCUT2D eigenvalue weighted by atomic mass is 32.1. The van der Waals surface area contributed by atoms with Gasteiger partial charge in [-0.05, 0) is 13.8 Å². The molecule has 0 saturated carbocycles. The van der Waals surface area contributed by atoms with Gasteiger partial charge in [-0.15, -0.1) is 11.3 Å². The van der Waals surface area contributed by atoms with E-state index in [2.05, 4.69) is 9.72 Å². The molecule has 0 bridgehead atoms. The molecule has 88 valence electrons. The number of ether oxygens (including phenoxy) is 1. The number of likely N-dealkylation sites (N-methyl/N-ethyl adjacent to an activating group) is 1. The fourth-order valence-corrected chi connectivity index (χ4v) is 1.97. The lowest BCUT2D eigenvalue weighted by Gasteiger charge is -2.18. The number of aryl methyl sites for hydroxylation is 1. The Morgan fingerprint density at radius 1 is 1.56 bits per heavy atom. The van der Waals surface area contributed by atoms with Crippen LogP contribution in [0.2, 0.25) is 0 Å². The van der Waals surface area contributed by atoms with Crippen molar-refractivity contribution in [3.8, 4) is 0 Å². The van der Waals surface area contributed by atoms with Crippen LogP contribution in [0.1, 0.15) is 22.3 Å². The normalized spacial score (nSPS) is 9.94. The van der Waals surface area contributed by atoms with Gasteiger partial charge in [0.1, 0.15) is 11.4 Å². The highest BCUT2D eigenvalue weighted by molar-refractivity contribution is 7.11. The fourth-order valence-electron chi connectivity index (χ4n) is 1.20. The van der Waals surface area contributed by atoms with E-state index in [4.69, 9.17) is 0 Å². The van der Waals surface area contributed by atoms with E-state index in [1.165, 1.54) is 23.3 Å². The number of methoxy groups -OCH3 is 1. The Morgan fingerprint density at radius 2 is 2.25 bits per heavy atom. The Morgan fingerprint density at radius 3 is 2.69 bits per heavy atom. The summed E-state index contributed by atoms with van der Waals surface area (Å²) in [5.74, 6) is -0.592. The van der Waals surface area contributed by atoms with Gasteiger partial charge in [-0.1, -0.05) is 0 Å². The van der Waals surface area contributed by atoms with Gasteiger partial charge in [0.25, 0.3) is 5.91 Å². The molecule has 0 spiro atoms. The second kappa shape index (κ2) is 5.60. The van der Waals surface area contributed by atoms with Crippen LogP contribution in [0.5, 0.6) is 0 Å². The Balaban J connectivity index is 2.78. The first-order chi connectivity index (χ1) is 7.60. The molecule has 1 aromatic rings. The van der Waals surface area contributed by atoms with Gasteiger partial charge in [0, 0.05) is 6.54 Å². The van der Waals surface area contributed by atoms with E-state index in [0.717, 1.165) is 0 Å². The zero-order valence-electron chi connectivity index (χ0n) is 9.52. The Labute approximate surface area is 98.0 Å². The molecule has 5 nitrogen and oxygen atoms in total. The molecule has 1 aromatic heterocycles. The average Bonchev–Trinajstić information content (AvgIpc) is 2.71. The molecule has 16 heavy (non-hydrogen) atoms. The predicted molar refractivity (Wildman–Crippen MR) is 60.4 cm³/mol. The maximum absolute atomic E-state index is 12.0. The number of hydrogen-bond donors (Lipinski definition) is 0. The van der Waals surface area contributed by atoms with Gasteiger partial charge in [0.05, 0.1) is 18.3 Å². The van der Waals surface area contributed by atoms with Crippen LogP contribution in [0.4, 0.5) is 0 Å². The lowest BCUT2D eigenvalue weighted by molar-refractivity contribution is -0.141. The third-order valence-electron chi connectivity index (χ3n) is 2.16. The van der Waals surface area contributed by atoms with Crippen molar-refractivity contribution in [2.45, 2.75) is 13.8 Å². The molecule has 0 unspecified atom stereocenters. The molecule has 0 fully saturated rings. The van der Waals surface area contributed by atoms with Crippen molar-refractivity contribution >= 4 is 23.2 Å². The summed E-state index contributed by atoms with van der Waals surface area (Å²) in [6.07, 6.45) is 0. The number of amides is 1. The Kier molecular flexibility index (Phi) is 4.42. The van der Waals surface area contributed by atoms with E-state index >= 15 is 0 Å². The van der Waals surface area contributed by atoms with E-state index in [1.54, 1.807) is 12.4 Å². The van der Waals surface area contributed by atoms with Crippen LogP contribution in [-0.2, 0) is 9.53 Å². The van der Waals surface area contributed by atoms with Crippen LogP contribution >= 0.6 is 11.3 Å². The van der Waals surface area contributed by atoms with Crippen molar-refractivity contribution in [1.82, 2.24) is 9.88 Å². The van der Waals surface area contributed by atoms with Crippen LogP contribution in [0.15, 0.2) is 5.51 Å². The number of rotatable bonds is 4. The summed E-state index contributed by atoms with van der Waals surface area (Å²) in [5.41, 5.74) is 2.31. The second-order valence-electron chi connectivity index (χ2n) is 3.16. The summed E-state index contributed by atoms with van der Waals surface area (Å²) in [5, 5.41) is 0. The molecule has 0 aromatic carbocycles. The van der Waals surface area contributed by atoms with Crippen LogP contribution in [0.25, 0.3) is 0 Å². The highest BCUT2D eigenvalue weighted by Gasteiger charge is 2.20. The second-order valence-corrected chi connectivity index (χ2v) is 4.02. The molecule has 0 N–H and O–H groups in total. The third kappa shape index (κ3) is 2.79. The molecule has 0 saturated heterocycles. The lowest BCUT2D eigenvalue weighted by atomic mass is 10.3. The maximum atomic E-state index is 12.0. The van der Waals surface area contributed by atoms with Gasteiger partial charge < -0.3 is 9.64 Å². The highest BCUT2D eigenvalue weighted by Crippen LogP contribution is 2.14. The largest absolute Gasteiger partial charge is 0.468 e. The van der Waals surface area contributed by atoms with Crippen molar-refractivity contribution in [2.24, 2.45) is 0 Å². The Hall–Kier alpha value is -1.43. The minimum Gasteiger partial charge on any atom is -0.468 e. The number of aromatic nitrogens is 1. The molecular formula is C10H14N2O3S. The lowest BCUT2D eigenvalue weighted by Crippen LogP contribution is -2.35. The first-order valence-corrected chi connectivity index (χ1v) is 5.74. The van der Waals surface area contributed by atoms with E-state index in [1.807, 2.05) is 6.92 Å². The average molecular weight is 242 g/mol. The number of nitrogens with zero attached hydrogens (tertiary/aromatic N) is 2. The van der Waals surface area contributed by atoms with E-state index < -0.39 is 5.97 Å². The van der Waals surface area contributed by atoms with Gasteiger partial charge in [-0.3, -0.25) is 9.59 Å². The van der Waals surface area contributed by atoms with Crippen LogP contribution < -0.4 is 0 Å². The molecule has 1 amide bonds. The zero-order valence-corrected chi connectivity index (χ0v) is 10.3. The molecule has 0 radical (unpaired) electrons. The zero-order chi connectivity index (χ0) is 12.1. The summed E-state index contributed by atoms with van der Waals surface area (Å²) in [7, 11) is 1.30.